The zero-order valence-corrected chi connectivity index (χ0v) is 25.2. The minimum atomic E-state index is -0.270. The fraction of sp³-hybridized carbons (Fsp3) is 0.0833. The van der Waals surface area contributed by atoms with E-state index in [4.69, 9.17) is 4.74 Å². The fourth-order valence-electron chi connectivity index (χ4n) is 3.10. The van der Waals surface area contributed by atoms with Gasteiger partial charge in [-0.05, 0) is 116 Å². The van der Waals surface area contributed by atoms with E-state index in [0.717, 1.165) is 50.3 Å². The van der Waals surface area contributed by atoms with Crippen LogP contribution in [0.2, 0.25) is 0 Å². The molecule has 0 unspecified atom stereocenters. The number of hydrogen-bond acceptors (Lipinski definition) is 4. The van der Waals surface area contributed by atoms with Crippen molar-refractivity contribution >= 4 is 106 Å². The summed E-state index contributed by atoms with van der Waals surface area (Å²) in [5.74, 6) is 0.535. The van der Waals surface area contributed by atoms with E-state index in [0.29, 0.717) is 11.5 Å². The molecule has 4 rings (SSSR count). The van der Waals surface area contributed by atoms with Gasteiger partial charge in [0.05, 0.1) is 18.6 Å². The summed E-state index contributed by atoms with van der Waals surface area (Å²) < 4.78 is 9.92. The van der Waals surface area contributed by atoms with Crippen molar-refractivity contribution < 1.29 is 14.3 Å². The Balaban J connectivity index is 1.49. The minimum absolute atomic E-state index is 0.256. The zero-order chi connectivity index (χ0) is 23.5. The predicted octanol–water partition coefficient (Wildman–Crippen LogP) is 8.24. The Hall–Kier alpha value is -0.890. The molecule has 4 nitrogen and oxygen atoms in total. The second-order valence-electron chi connectivity index (χ2n) is 7.12. The van der Waals surface area contributed by atoms with Gasteiger partial charge in [-0.15, -0.1) is 0 Å². The molecule has 1 aliphatic rings. The van der Waals surface area contributed by atoms with Crippen molar-refractivity contribution in [2.75, 3.05) is 0 Å². The van der Waals surface area contributed by atoms with Crippen molar-refractivity contribution in [3.05, 3.63) is 98.3 Å². The fourth-order valence-corrected chi connectivity index (χ4v) is 6.59. The number of benzene rings is 3. The number of halogens is 4. The van der Waals surface area contributed by atoms with Gasteiger partial charge in [0.2, 0.25) is 0 Å². The van der Waals surface area contributed by atoms with Crippen LogP contribution in [0, 0.1) is 7.14 Å². The summed E-state index contributed by atoms with van der Waals surface area (Å²) in [5.41, 5.74) is 2.83. The van der Waals surface area contributed by atoms with Crippen molar-refractivity contribution in [1.82, 2.24) is 4.90 Å². The Morgan fingerprint density at radius 2 is 1.42 bits per heavy atom. The van der Waals surface area contributed by atoms with Gasteiger partial charge >= 0.3 is 0 Å². The standard InChI is InChI=1S/C24H15Br2I2NO3S/c25-17-5-1-14(2-6-17)12-29-23(30)21(33-24(29)31)11-16-9-19(27)22(20(28)10-16)32-13-15-3-7-18(26)8-4-15/h1-11H,12-13H2. The van der Waals surface area contributed by atoms with Crippen LogP contribution in [0.4, 0.5) is 4.79 Å². The number of carbonyl (C=O) groups excluding carboxylic acids is 2. The first-order valence-electron chi connectivity index (χ1n) is 9.66. The zero-order valence-electron chi connectivity index (χ0n) is 16.9. The Kier molecular flexibility index (Phi) is 8.58. The lowest BCUT2D eigenvalue weighted by Crippen LogP contribution is -2.27. The van der Waals surface area contributed by atoms with E-state index < -0.39 is 0 Å². The summed E-state index contributed by atoms with van der Waals surface area (Å²) in [7, 11) is 0. The maximum atomic E-state index is 12.9. The third-order valence-electron chi connectivity index (χ3n) is 4.74. The normalized spacial score (nSPS) is 14.9. The van der Waals surface area contributed by atoms with Crippen molar-refractivity contribution in [3.8, 4) is 5.75 Å². The van der Waals surface area contributed by atoms with E-state index >= 15 is 0 Å². The molecule has 1 saturated heterocycles. The Morgan fingerprint density at radius 1 is 0.879 bits per heavy atom. The maximum Gasteiger partial charge on any atom is 0.293 e. The lowest BCUT2D eigenvalue weighted by molar-refractivity contribution is -0.123. The lowest BCUT2D eigenvalue weighted by atomic mass is 10.2. The molecular weight excluding hydrogens is 796 g/mol. The predicted molar refractivity (Wildman–Crippen MR) is 156 cm³/mol. The Bertz CT molecular complexity index is 1220. The largest absolute Gasteiger partial charge is 0.487 e. The molecule has 1 fully saturated rings. The number of thioether (sulfide) groups is 1. The van der Waals surface area contributed by atoms with E-state index in [1.807, 2.05) is 60.7 Å². The summed E-state index contributed by atoms with van der Waals surface area (Å²) in [4.78, 5) is 27.1. The number of ether oxygens (including phenoxy) is 1. The Labute approximate surface area is 240 Å². The lowest BCUT2D eigenvalue weighted by Gasteiger charge is -2.13. The van der Waals surface area contributed by atoms with Crippen molar-refractivity contribution in [3.63, 3.8) is 0 Å². The van der Waals surface area contributed by atoms with E-state index in [1.165, 1.54) is 4.90 Å². The molecule has 0 bridgehead atoms. The average Bonchev–Trinajstić information content (AvgIpc) is 3.03. The van der Waals surface area contributed by atoms with Gasteiger partial charge in [-0.2, -0.15) is 0 Å². The van der Waals surface area contributed by atoms with Gasteiger partial charge in [-0.25, -0.2) is 0 Å². The van der Waals surface area contributed by atoms with Crippen LogP contribution in [0.3, 0.4) is 0 Å². The smallest absolute Gasteiger partial charge is 0.293 e. The molecule has 1 aliphatic heterocycles. The van der Waals surface area contributed by atoms with Crippen LogP contribution in [0.5, 0.6) is 5.75 Å². The van der Waals surface area contributed by atoms with Gasteiger partial charge in [-0.3, -0.25) is 14.5 Å². The molecule has 0 saturated carbocycles. The van der Waals surface area contributed by atoms with Crippen LogP contribution in [0.1, 0.15) is 16.7 Å². The third-order valence-corrected chi connectivity index (χ3v) is 8.31. The molecule has 0 N–H and O–H groups in total. The molecule has 0 atom stereocenters. The number of amides is 2. The first kappa shape index (κ1) is 25.2. The summed E-state index contributed by atoms with van der Waals surface area (Å²) in [6.45, 7) is 0.723. The highest BCUT2D eigenvalue weighted by molar-refractivity contribution is 14.1. The van der Waals surface area contributed by atoms with Gasteiger partial charge in [0.25, 0.3) is 11.1 Å². The van der Waals surface area contributed by atoms with Crippen LogP contribution < -0.4 is 4.74 Å². The van der Waals surface area contributed by atoms with Gasteiger partial charge in [0, 0.05) is 8.95 Å². The van der Waals surface area contributed by atoms with E-state index in [2.05, 4.69) is 77.0 Å². The quantitative estimate of drug-likeness (QED) is 0.186. The number of nitrogens with zero attached hydrogens (tertiary/aromatic N) is 1. The number of imide groups is 1. The van der Waals surface area contributed by atoms with E-state index in [-0.39, 0.29) is 17.7 Å². The molecule has 2 amide bonds. The van der Waals surface area contributed by atoms with Crippen LogP contribution in [-0.2, 0) is 17.9 Å². The topological polar surface area (TPSA) is 46.6 Å². The summed E-state index contributed by atoms with van der Waals surface area (Å²) in [6.07, 6.45) is 1.77. The monoisotopic (exact) mass is 809 g/mol. The second kappa shape index (κ2) is 11.2. The summed E-state index contributed by atoms with van der Waals surface area (Å²) >= 11 is 12.3. The summed E-state index contributed by atoms with van der Waals surface area (Å²) in [6, 6.07) is 19.5. The van der Waals surface area contributed by atoms with Gasteiger partial charge in [0.15, 0.2) is 0 Å². The van der Waals surface area contributed by atoms with E-state index in [9.17, 15) is 9.59 Å². The third kappa shape index (κ3) is 6.41. The van der Waals surface area contributed by atoms with Crippen LogP contribution in [0.15, 0.2) is 74.5 Å². The highest BCUT2D eigenvalue weighted by Gasteiger charge is 2.35. The van der Waals surface area contributed by atoms with Gasteiger partial charge in [-0.1, -0.05) is 56.1 Å². The molecule has 3 aromatic carbocycles. The van der Waals surface area contributed by atoms with Gasteiger partial charge in [0.1, 0.15) is 12.4 Å². The van der Waals surface area contributed by atoms with Crippen LogP contribution in [0.25, 0.3) is 6.08 Å². The van der Waals surface area contributed by atoms with Crippen LogP contribution in [-0.4, -0.2) is 16.0 Å². The average molecular weight is 811 g/mol. The van der Waals surface area contributed by atoms with Crippen molar-refractivity contribution in [2.24, 2.45) is 0 Å². The number of hydrogen-bond donors (Lipinski definition) is 0. The van der Waals surface area contributed by atoms with Gasteiger partial charge < -0.3 is 4.74 Å². The number of carbonyl (C=O) groups is 2. The Morgan fingerprint density at radius 3 is 2.00 bits per heavy atom. The molecule has 168 valence electrons. The second-order valence-corrected chi connectivity index (χ2v) is 12.3. The SMILES string of the molecule is O=C1SC(=Cc2cc(I)c(OCc3ccc(Br)cc3)c(I)c2)C(=O)N1Cc1ccc(Br)cc1. The first-order chi connectivity index (χ1) is 15.8. The highest BCUT2D eigenvalue weighted by atomic mass is 127. The molecule has 0 aliphatic carbocycles. The molecule has 0 radical (unpaired) electrons. The van der Waals surface area contributed by atoms with Crippen molar-refractivity contribution in [2.45, 2.75) is 13.2 Å². The van der Waals surface area contributed by atoms with Crippen molar-refractivity contribution in [1.29, 1.82) is 0 Å². The maximum absolute atomic E-state index is 12.9. The minimum Gasteiger partial charge on any atom is -0.487 e. The molecule has 0 aromatic heterocycles. The molecule has 33 heavy (non-hydrogen) atoms. The summed E-state index contributed by atoms with van der Waals surface area (Å²) in [5, 5.41) is -0.256. The number of rotatable bonds is 6. The van der Waals surface area contributed by atoms with Crippen LogP contribution >= 0.6 is 88.8 Å². The molecule has 9 heteroatoms. The molecular formula is C24H15Br2I2NO3S. The molecule has 3 aromatic rings. The molecule has 0 spiro atoms. The van der Waals surface area contributed by atoms with E-state index in [1.54, 1.807) is 6.08 Å². The first-order valence-corrected chi connectivity index (χ1v) is 14.2. The highest BCUT2D eigenvalue weighted by Crippen LogP contribution is 2.35. The molecule has 1 heterocycles.